The van der Waals surface area contributed by atoms with Crippen LogP contribution in [-0.2, 0) is 14.3 Å². The summed E-state index contributed by atoms with van der Waals surface area (Å²) in [4.78, 5) is 13.0. The fourth-order valence-electron chi connectivity index (χ4n) is 8.68. The normalized spacial score (nSPS) is 20.3. The van der Waals surface area contributed by atoms with E-state index in [0.29, 0.717) is 6.42 Å². The van der Waals surface area contributed by atoms with Crippen molar-refractivity contribution in [3.63, 3.8) is 0 Å². The van der Waals surface area contributed by atoms with Crippen LogP contribution in [-0.4, -0.2) is 87.5 Å². The van der Waals surface area contributed by atoms with Crippen molar-refractivity contribution < 1.29 is 39.8 Å². The Morgan fingerprint density at radius 2 is 0.889 bits per heavy atom. The van der Waals surface area contributed by atoms with E-state index >= 15 is 0 Å². The number of hydrogen-bond donors (Lipinski definition) is 6. The summed E-state index contributed by atoms with van der Waals surface area (Å²) in [7, 11) is 0. The van der Waals surface area contributed by atoms with E-state index in [2.05, 4.69) is 31.3 Å². The monoisotopic (exact) mass is 894 g/mol. The lowest BCUT2D eigenvalue weighted by Crippen LogP contribution is -2.60. The first kappa shape index (κ1) is 59.7. The molecule has 0 radical (unpaired) electrons. The highest BCUT2D eigenvalue weighted by Gasteiger charge is 2.44. The van der Waals surface area contributed by atoms with Crippen LogP contribution in [0.25, 0.3) is 0 Å². The summed E-state index contributed by atoms with van der Waals surface area (Å²) in [5, 5.41) is 54.2. The number of ether oxygens (including phenoxy) is 2. The maximum absolute atomic E-state index is 13.0. The van der Waals surface area contributed by atoms with Crippen LogP contribution >= 0.6 is 0 Å². The molecule has 1 aliphatic heterocycles. The number of carbonyl (C=O) groups is 1. The molecule has 1 fully saturated rings. The van der Waals surface area contributed by atoms with Crippen LogP contribution in [0.3, 0.4) is 0 Å². The van der Waals surface area contributed by atoms with Crippen molar-refractivity contribution in [3.8, 4) is 0 Å². The maximum Gasteiger partial charge on any atom is 0.220 e. The molecule has 6 N–H and O–H groups in total. The number of aliphatic hydroxyl groups is 5. The van der Waals surface area contributed by atoms with Crippen molar-refractivity contribution in [1.82, 2.24) is 5.32 Å². The minimum Gasteiger partial charge on any atom is -0.394 e. The van der Waals surface area contributed by atoms with Crippen LogP contribution in [0.5, 0.6) is 0 Å². The molecule has 9 heteroatoms. The molecule has 0 aromatic rings. The topological polar surface area (TPSA) is 149 Å². The first-order valence-electron chi connectivity index (χ1n) is 27.1. The molecule has 7 unspecified atom stereocenters. The summed E-state index contributed by atoms with van der Waals surface area (Å²) in [6, 6.07) is -0.800. The van der Waals surface area contributed by atoms with E-state index in [1.165, 1.54) is 199 Å². The summed E-state index contributed by atoms with van der Waals surface area (Å²) >= 11 is 0. The van der Waals surface area contributed by atoms with E-state index in [0.717, 1.165) is 38.5 Å². The second-order valence-corrected chi connectivity index (χ2v) is 19.0. The molecule has 0 spiro atoms. The largest absolute Gasteiger partial charge is 0.394 e. The summed E-state index contributed by atoms with van der Waals surface area (Å²) in [5.74, 6) is -0.175. The molecule has 9 nitrogen and oxygen atoms in total. The Morgan fingerprint density at radius 3 is 1.29 bits per heavy atom. The van der Waals surface area contributed by atoms with E-state index in [9.17, 15) is 30.3 Å². The highest BCUT2D eigenvalue weighted by atomic mass is 16.7. The van der Waals surface area contributed by atoms with E-state index in [1.54, 1.807) is 6.08 Å². The van der Waals surface area contributed by atoms with Gasteiger partial charge < -0.3 is 40.3 Å². The summed E-state index contributed by atoms with van der Waals surface area (Å²) in [6.45, 7) is 3.78. The van der Waals surface area contributed by atoms with Crippen LogP contribution in [0.2, 0.25) is 0 Å². The number of rotatable bonds is 46. The van der Waals surface area contributed by atoms with Gasteiger partial charge in [-0.05, 0) is 44.9 Å². The molecule has 0 saturated carbocycles. The number of nitrogens with one attached hydrogen (secondary N) is 1. The Labute approximate surface area is 388 Å². The van der Waals surface area contributed by atoms with E-state index in [-0.39, 0.29) is 12.5 Å². The first-order chi connectivity index (χ1) is 30.8. The van der Waals surface area contributed by atoms with Crippen LogP contribution < -0.4 is 5.32 Å². The number of carbonyl (C=O) groups excluding carboxylic acids is 1. The molecule has 0 aromatic heterocycles. The van der Waals surface area contributed by atoms with Gasteiger partial charge in [-0.3, -0.25) is 4.79 Å². The highest BCUT2D eigenvalue weighted by molar-refractivity contribution is 5.76. The van der Waals surface area contributed by atoms with Crippen molar-refractivity contribution in [2.24, 2.45) is 0 Å². The van der Waals surface area contributed by atoms with Crippen LogP contribution in [0.15, 0.2) is 24.3 Å². The predicted octanol–water partition coefficient (Wildman–Crippen LogP) is 12.6. The summed E-state index contributed by atoms with van der Waals surface area (Å²) < 4.78 is 11.2. The van der Waals surface area contributed by atoms with Gasteiger partial charge in [0.25, 0.3) is 0 Å². The Hall–Kier alpha value is -1.33. The van der Waals surface area contributed by atoms with Crippen molar-refractivity contribution in [3.05, 3.63) is 24.3 Å². The molecule has 1 heterocycles. The number of amides is 1. The lowest BCUT2D eigenvalue weighted by atomic mass is 9.99. The molecule has 1 aliphatic rings. The van der Waals surface area contributed by atoms with E-state index in [4.69, 9.17) is 9.47 Å². The third-order valence-corrected chi connectivity index (χ3v) is 13.0. The quantitative estimate of drug-likeness (QED) is 0.0261. The third-order valence-electron chi connectivity index (χ3n) is 13.0. The van der Waals surface area contributed by atoms with Crippen LogP contribution in [0, 0.1) is 0 Å². The summed E-state index contributed by atoms with van der Waals surface area (Å²) in [5.41, 5.74) is 0. The minimum absolute atomic E-state index is 0.175. The fraction of sp³-hybridized carbons (Fsp3) is 0.907. The number of allylic oxidation sites excluding steroid dienone is 3. The zero-order chi connectivity index (χ0) is 45.9. The van der Waals surface area contributed by atoms with Crippen molar-refractivity contribution in [2.45, 2.75) is 301 Å². The molecular formula is C54H103NO8. The van der Waals surface area contributed by atoms with Gasteiger partial charge in [-0.2, -0.15) is 0 Å². The van der Waals surface area contributed by atoms with Gasteiger partial charge in [0.2, 0.25) is 5.91 Å². The third kappa shape index (κ3) is 34.6. The highest BCUT2D eigenvalue weighted by Crippen LogP contribution is 2.23. The molecular weight excluding hydrogens is 791 g/mol. The zero-order valence-electron chi connectivity index (χ0n) is 41.1. The fourth-order valence-corrected chi connectivity index (χ4v) is 8.68. The molecule has 63 heavy (non-hydrogen) atoms. The smallest absolute Gasteiger partial charge is 0.220 e. The predicted molar refractivity (Wildman–Crippen MR) is 263 cm³/mol. The van der Waals surface area contributed by atoms with Gasteiger partial charge in [-0.25, -0.2) is 0 Å². The molecule has 0 aromatic carbocycles. The maximum atomic E-state index is 13.0. The van der Waals surface area contributed by atoms with Gasteiger partial charge in [0.1, 0.15) is 24.4 Å². The van der Waals surface area contributed by atoms with Gasteiger partial charge in [-0.1, -0.05) is 231 Å². The Bertz CT molecular complexity index is 1040. The first-order valence-corrected chi connectivity index (χ1v) is 27.1. The standard InChI is InChI=1S/C54H103NO8/c1-3-5-7-9-11-13-15-16-17-18-19-20-21-22-23-24-25-26-27-28-29-30-31-32-34-36-38-40-42-44-50(58)55-47(46-62-54-53(61)52(60)51(59)49(45-56)63-54)48(57)43-41-39-37-35-33-14-12-10-8-6-4-2/h18-19,41,43,47-49,51-54,56-57,59-61H,3-17,20-40,42,44-46H2,1-2H3,(H,55,58)/b19-18-,43-41+. The minimum atomic E-state index is -1.56. The molecule has 0 bridgehead atoms. The zero-order valence-corrected chi connectivity index (χ0v) is 41.1. The van der Waals surface area contributed by atoms with Gasteiger partial charge in [0, 0.05) is 6.42 Å². The number of unbranched alkanes of at least 4 members (excludes halogenated alkanes) is 34. The van der Waals surface area contributed by atoms with E-state index < -0.39 is 49.5 Å². The average molecular weight is 894 g/mol. The lowest BCUT2D eigenvalue weighted by molar-refractivity contribution is -0.302. The second kappa shape index (κ2) is 44.5. The Balaban J connectivity index is 2.14. The lowest BCUT2D eigenvalue weighted by Gasteiger charge is -2.40. The Kier molecular flexibility index (Phi) is 42.2. The van der Waals surface area contributed by atoms with Gasteiger partial charge in [-0.15, -0.1) is 0 Å². The molecule has 1 saturated heterocycles. The number of aliphatic hydroxyl groups excluding tert-OH is 5. The van der Waals surface area contributed by atoms with E-state index in [1.807, 2.05) is 6.08 Å². The van der Waals surface area contributed by atoms with Crippen molar-refractivity contribution >= 4 is 5.91 Å². The van der Waals surface area contributed by atoms with Crippen molar-refractivity contribution in [2.75, 3.05) is 13.2 Å². The van der Waals surface area contributed by atoms with Crippen molar-refractivity contribution in [1.29, 1.82) is 0 Å². The number of hydrogen-bond acceptors (Lipinski definition) is 8. The summed E-state index contributed by atoms with van der Waals surface area (Å²) in [6.07, 6.45) is 48.3. The molecule has 372 valence electrons. The van der Waals surface area contributed by atoms with Gasteiger partial charge in [0.05, 0.1) is 25.4 Å². The SMILES string of the molecule is CCCCCCCCCC/C=C\CCCCCCCCCCCCCCCCCCCC(=O)NC(COC1OC(CO)C(O)C(O)C1O)C(O)/C=C/CCCCCCCCCCC. The molecule has 1 amide bonds. The Morgan fingerprint density at radius 1 is 0.524 bits per heavy atom. The molecule has 7 atom stereocenters. The molecule has 0 aliphatic carbocycles. The van der Waals surface area contributed by atoms with Crippen LogP contribution in [0.4, 0.5) is 0 Å². The van der Waals surface area contributed by atoms with Crippen LogP contribution in [0.1, 0.15) is 258 Å². The average Bonchev–Trinajstić information content (AvgIpc) is 3.28. The second-order valence-electron chi connectivity index (χ2n) is 19.0. The van der Waals surface area contributed by atoms with Gasteiger partial charge >= 0.3 is 0 Å². The molecule has 1 rings (SSSR count). The van der Waals surface area contributed by atoms with Gasteiger partial charge in [0.15, 0.2) is 6.29 Å².